The van der Waals surface area contributed by atoms with E-state index in [1.807, 2.05) is 77.5 Å². The third-order valence-electron chi connectivity index (χ3n) is 7.05. The van der Waals surface area contributed by atoms with Gasteiger partial charge in [-0.05, 0) is 98.7 Å². The van der Waals surface area contributed by atoms with E-state index in [9.17, 15) is 0 Å². The van der Waals surface area contributed by atoms with E-state index in [1.165, 1.54) is 32.4 Å². The van der Waals surface area contributed by atoms with Crippen LogP contribution in [0.3, 0.4) is 0 Å². The first kappa shape index (κ1) is 26.1. The number of rotatable bonds is 10. The smallest absolute Gasteiger partial charge is 0.119 e. The fraction of sp³-hybridized carbons (Fsp3) is 0.323. The van der Waals surface area contributed by atoms with E-state index in [-0.39, 0.29) is 0 Å². The van der Waals surface area contributed by atoms with Crippen LogP contribution in [-0.2, 0) is 5.88 Å². The van der Waals surface area contributed by atoms with Crippen molar-refractivity contribution in [1.29, 1.82) is 0 Å². The van der Waals surface area contributed by atoms with Gasteiger partial charge in [0, 0.05) is 23.2 Å². The number of nitrogens with zero attached hydrogens (tertiary/aromatic N) is 3. The highest BCUT2D eigenvalue weighted by Crippen LogP contribution is 2.36. The van der Waals surface area contributed by atoms with Crippen LogP contribution in [-0.4, -0.2) is 55.1 Å². The number of hydrogen-bond acceptors (Lipinski definition) is 5. The minimum Gasteiger partial charge on any atom is -0.497 e. The fourth-order valence-electron chi connectivity index (χ4n) is 4.95. The lowest BCUT2D eigenvalue weighted by atomic mass is 10.0. The molecule has 6 nitrogen and oxygen atoms in total. The number of halogens is 1. The molecule has 0 radical (unpaired) electrons. The lowest BCUT2D eigenvalue weighted by molar-refractivity contribution is 0.183. The number of aromatic nitrogens is 2. The van der Waals surface area contributed by atoms with E-state index < -0.39 is 0 Å². The van der Waals surface area contributed by atoms with Crippen LogP contribution in [0.1, 0.15) is 24.8 Å². The van der Waals surface area contributed by atoms with Gasteiger partial charge < -0.3 is 14.2 Å². The van der Waals surface area contributed by atoms with E-state index in [0.717, 1.165) is 57.6 Å². The van der Waals surface area contributed by atoms with E-state index in [1.54, 1.807) is 14.2 Å². The lowest BCUT2D eigenvalue weighted by Crippen LogP contribution is -2.33. The van der Waals surface area contributed by atoms with Gasteiger partial charge in [0.2, 0.25) is 0 Å². The van der Waals surface area contributed by atoms with Crippen molar-refractivity contribution in [2.75, 3.05) is 40.5 Å². The number of alkyl halides is 1. The largest absolute Gasteiger partial charge is 0.497 e. The molecule has 198 valence electrons. The van der Waals surface area contributed by atoms with Gasteiger partial charge in [-0.1, -0.05) is 6.42 Å². The summed E-state index contributed by atoms with van der Waals surface area (Å²) in [6.45, 7) is 4.01. The Labute approximate surface area is 229 Å². The van der Waals surface area contributed by atoms with E-state index in [2.05, 4.69) is 4.90 Å². The summed E-state index contributed by atoms with van der Waals surface area (Å²) in [5.41, 5.74) is 5.68. The number of piperidine rings is 1. The molecule has 0 unspecified atom stereocenters. The second-order valence-corrected chi connectivity index (χ2v) is 9.69. The second kappa shape index (κ2) is 12.4. The third-order valence-corrected chi connectivity index (χ3v) is 7.32. The first-order valence-corrected chi connectivity index (χ1v) is 13.7. The van der Waals surface area contributed by atoms with Gasteiger partial charge in [0.05, 0.1) is 37.2 Å². The summed E-state index contributed by atoms with van der Waals surface area (Å²) in [6, 6.07) is 24.0. The molecule has 0 N–H and O–H groups in total. The molecule has 1 fully saturated rings. The van der Waals surface area contributed by atoms with Gasteiger partial charge >= 0.3 is 0 Å². The zero-order chi connectivity index (χ0) is 26.3. The molecule has 1 saturated heterocycles. The zero-order valence-electron chi connectivity index (χ0n) is 22.0. The predicted molar refractivity (Wildman–Crippen MR) is 153 cm³/mol. The molecule has 1 aliphatic rings. The molecule has 0 aliphatic carbocycles. The normalized spacial score (nSPS) is 13.9. The van der Waals surface area contributed by atoms with Crippen molar-refractivity contribution in [1.82, 2.24) is 14.7 Å². The van der Waals surface area contributed by atoms with Crippen molar-refractivity contribution in [2.45, 2.75) is 25.1 Å². The average Bonchev–Trinajstić information content (AvgIpc) is 3.38. The number of likely N-dealkylation sites (tertiary alicyclic amines) is 1. The standard InChI is InChI=1S/C31H34ClN3O3/c1-36-26-12-6-23(7-13-26)30-29(22-32)31(24-8-14-27(37-2)15-9-24)35(33-30)25-10-16-28(17-11-25)38-21-20-34-18-4-3-5-19-34/h6-17H,3-5,18-22H2,1-2H3. The van der Waals surface area contributed by atoms with Crippen LogP contribution in [0.25, 0.3) is 28.2 Å². The van der Waals surface area contributed by atoms with Crippen molar-refractivity contribution in [3.8, 4) is 45.5 Å². The van der Waals surface area contributed by atoms with Crippen molar-refractivity contribution in [2.24, 2.45) is 0 Å². The van der Waals surface area contributed by atoms with Crippen LogP contribution >= 0.6 is 11.6 Å². The van der Waals surface area contributed by atoms with Gasteiger partial charge in [-0.15, -0.1) is 11.6 Å². The first-order valence-electron chi connectivity index (χ1n) is 13.1. The maximum atomic E-state index is 6.57. The number of methoxy groups -OCH3 is 2. The summed E-state index contributed by atoms with van der Waals surface area (Å²) < 4.78 is 18.8. The Hall–Kier alpha value is -3.48. The van der Waals surface area contributed by atoms with Crippen molar-refractivity contribution in [3.63, 3.8) is 0 Å². The molecule has 0 bridgehead atoms. The molecular formula is C31H34ClN3O3. The Kier molecular flexibility index (Phi) is 8.51. The Balaban J connectivity index is 1.46. The molecule has 4 aromatic rings. The molecule has 1 aliphatic heterocycles. The van der Waals surface area contributed by atoms with E-state index in [0.29, 0.717) is 12.5 Å². The molecule has 2 heterocycles. The summed E-state index contributed by atoms with van der Waals surface area (Å²) in [7, 11) is 3.33. The van der Waals surface area contributed by atoms with Gasteiger partial charge in [0.1, 0.15) is 23.9 Å². The van der Waals surface area contributed by atoms with Crippen molar-refractivity contribution in [3.05, 3.63) is 78.4 Å². The van der Waals surface area contributed by atoms with Crippen molar-refractivity contribution < 1.29 is 14.2 Å². The zero-order valence-corrected chi connectivity index (χ0v) is 22.8. The minimum absolute atomic E-state index is 0.320. The van der Waals surface area contributed by atoms with Gasteiger partial charge in [0.25, 0.3) is 0 Å². The summed E-state index contributed by atoms with van der Waals surface area (Å²) >= 11 is 6.57. The van der Waals surface area contributed by atoms with E-state index >= 15 is 0 Å². The number of hydrogen-bond donors (Lipinski definition) is 0. The molecule has 0 amide bonds. The highest BCUT2D eigenvalue weighted by molar-refractivity contribution is 6.18. The average molecular weight is 532 g/mol. The number of ether oxygens (including phenoxy) is 3. The first-order chi connectivity index (χ1) is 18.7. The molecule has 0 saturated carbocycles. The molecule has 3 aromatic carbocycles. The van der Waals surface area contributed by atoms with Crippen LogP contribution in [0.4, 0.5) is 0 Å². The Bertz CT molecular complexity index is 1310. The Morgan fingerprint density at radius 2 is 1.32 bits per heavy atom. The molecule has 7 heteroatoms. The highest BCUT2D eigenvalue weighted by Gasteiger charge is 2.21. The SMILES string of the molecule is COc1ccc(-c2nn(-c3ccc(OCCN4CCCCC4)cc3)c(-c3ccc(OC)cc3)c2CCl)cc1. The minimum atomic E-state index is 0.320. The predicted octanol–water partition coefficient (Wildman–Crippen LogP) is 6.83. The monoisotopic (exact) mass is 531 g/mol. The Morgan fingerprint density at radius 1 is 0.737 bits per heavy atom. The van der Waals surface area contributed by atoms with E-state index in [4.69, 9.17) is 30.9 Å². The van der Waals surface area contributed by atoms with Gasteiger partial charge in [0.15, 0.2) is 0 Å². The van der Waals surface area contributed by atoms with Gasteiger partial charge in [-0.3, -0.25) is 4.90 Å². The summed E-state index contributed by atoms with van der Waals surface area (Å²) in [4.78, 5) is 2.48. The third kappa shape index (κ3) is 5.82. The quantitative estimate of drug-likeness (QED) is 0.210. The van der Waals surface area contributed by atoms with Crippen LogP contribution in [0.2, 0.25) is 0 Å². The fourth-order valence-corrected chi connectivity index (χ4v) is 5.20. The highest BCUT2D eigenvalue weighted by atomic mass is 35.5. The lowest BCUT2D eigenvalue weighted by Gasteiger charge is -2.26. The number of benzene rings is 3. The molecular weight excluding hydrogens is 498 g/mol. The molecule has 38 heavy (non-hydrogen) atoms. The molecule has 5 rings (SSSR count). The molecule has 0 spiro atoms. The summed E-state index contributed by atoms with van der Waals surface area (Å²) in [6.07, 6.45) is 3.92. The van der Waals surface area contributed by atoms with Crippen LogP contribution in [0, 0.1) is 0 Å². The maximum Gasteiger partial charge on any atom is 0.119 e. The van der Waals surface area contributed by atoms with Gasteiger partial charge in [-0.25, -0.2) is 4.68 Å². The summed E-state index contributed by atoms with van der Waals surface area (Å²) in [5, 5.41) is 5.06. The van der Waals surface area contributed by atoms with Crippen LogP contribution in [0.15, 0.2) is 72.8 Å². The van der Waals surface area contributed by atoms with Crippen molar-refractivity contribution >= 4 is 11.6 Å². The summed E-state index contributed by atoms with van der Waals surface area (Å²) in [5.74, 6) is 2.78. The molecule has 1 aromatic heterocycles. The second-order valence-electron chi connectivity index (χ2n) is 9.42. The van der Waals surface area contributed by atoms with Crippen LogP contribution < -0.4 is 14.2 Å². The Morgan fingerprint density at radius 3 is 1.89 bits per heavy atom. The molecule has 0 atom stereocenters. The van der Waals surface area contributed by atoms with Crippen LogP contribution in [0.5, 0.6) is 17.2 Å². The van der Waals surface area contributed by atoms with Gasteiger partial charge in [-0.2, -0.15) is 5.10 Å². The topological polar surface area (TPSA) is 48.8 Å². The maximum absolute atomic E-state index is 6.57.